The first-order valence-electron chi connectivity index (χ1n) is 5.82. The van der Waals surface area contributed by atoms with Gasteiger partial charge in [-0.05, 0) is 0 Å². The Morgan fingerprint density at radius 2 is 1.72 bits per heavy atom. The van der Waals surface area contributed by atoms with Gasteiger partial charge in [-0.2, -0.15) is 0 Å². The van der Waals surface area contributed by atoms with E-state index in [1.807, 2.05) is 42.5 Å². The molecule has 0 spiro atoms. The normalized spacial score (nSPS) is 17.3. The average Bonchev–Trinajstić information content (AvgIpc) is 2.75. The van der Waals surface area contributed by atoms with E-state index in [4.69, 9.17) is 4.74 Å². The molecule has 0 saturated carbocycles. The molecule has 18 heavy (non-hydrogen) atoms. The van der Waals surface area contributed by atoms with Crippen LogP contribution in [0.15, 0.2) is 54.6 Å². The van der Waals surface area contributed by atoms with Crippen molar-refractivity contribution >= 4 is 25.4 Å². The molecular formula is C15H12O2Se. The van der Waals surface area contributed by atoms with Crippen molar-refractivity contribution in [1.29, 1.82) is 0 Å². The molecule has 1 aliphatic rings. The molecule has 0 aromatic heterocycles. The summed E-state index contributed by atoms with van der Waals surface area (Å²) in [4.78, 5) is 11.7. The Kier molecular flexibility index (Phi) is 3.18. The summed E-state index contributed by atoms with van der Waals surface area (Å²) in [5.74, 6) is -0.181. The molecule has 0 amide bonds. The van der Waals surface area contributed by atoms with Gasteiger partial charge >= 0.3 is 112 Å². The molecule has 3 rings (SSSR count). The molecule has 0 N–H and O–H groups in total. The van der Waals surface area contributed by atoms with Crippen molar-refractivity contribution in [2.45, 2.75) is 11.4 Å². The number of hydrogen-bond acceptors (Lipinski definition) is 2. The van der Waals surface area contributed by atoms with E-state index in [0.29, 0.717) is 15.0 Å². The van der Waals surface area contributed by atoms with E-state index in [2.05, 4.69) is 12.1 Å². The molecule has 1 aliphatic heterocycles. The van der Waals surface area contributed by atoms with Gasteiger partial charge in [-0.1, -0.05) is 0 Å². The second kappa shape index (κ2) is 4.97. The van der Waals surface area contributed by atoms with Gasteiger partial charge in [0.1, 0.15) is 0 Å². The average molecular weight is 303 g/mol. The Hall–Kier alpha value is -1.57. The molecule has 0 fully saturated rings. The summed E-state index contributed by atoms with van der Waals surface area (Å²) in [6, 6.07) is 18.0. The van der Waals surface area contributed by atoms with Gasteiger partial charge in [0.15, 0.2) is 0 Å². The third-order valence-electron chi connectivity index (χ3n) is 2.92. The first kappa shape index (κ1) is 11.5. The van der Waals surface area contributed by atoms with Gasteiger partial charge < -0.3 is 0 Å². The minimum atomic E-state index is -0.181. The Morgan fingerprint density at radius 3 is 2.56 bits per heavy atom. The number of carbonyl (C=O) groups excluding carboxylic acids is 1. The topological polar surface area (TPSA) is 26.3 Å². The van der Waals surface area contributed by atoms with Gasteiger partial charge in [-0.15, -0.1) is 0 Å². The zero-order valence-corrected chi connectivity index (χ0v) is 11.4. The zero-order valence-electron chi connectivity index (χ0n) is 9.71. The molecule has 90 valence electrons. The van der Waals surface area contributed by atoms with Crippen LogP contribution in [-0.4, -0.2) is 20.9 Å². The van der Waals surface area contributed by atoms with Crippen molar-refractivity contribution in [2.24, 2.45) is 0 Å². The van der Waals surface area contributed by atoms with Crippen LogP contribution in [0.2, 0.25) is 5.32 Å². The van der Waals surface area contributed by atoms with Crippen molar-refractivity contribution in [3.63, 3.8) is 0 Å². The molecular weight excluding hydrogens is 291 g/mol. The quantitative estimate of drug-likeness (QED) is 0.643. The summed E-state index contributed by atoms with van der Waals surface area (Å²) in [5.41, 5.74) is 1.77. The number of ether oxygens (including phenoxy) is 1. The molecule has 2 aromatic rings. The summed E-state index contributed by atoms with van der Waals surface area (Å²) in [7, 11) is 0. The van der Waals surface area contributed by atoms with Gasteiger partial charge in [0.05, 0.1) is 0 Å². The zero-order chi connectivity index (χ0) is 12.4. The van der Waals surface area contributed by atoms with Crippen molar-refractivity contribution < 1.29 is 9.53 Å². The number of cyclic esters (lactones) is 1. The SMILES string of the molecule is O=C1OC(C[Se]c2ccccc2)c2ccccc21. The van der Waals surface area contributed by atoms with Crippen molar-refractivity contribution in [3.8, 4) is 0 Å². The minimum absolute atomic E-state index is 0.0612. The summed E-state index contributed by atoms with van der Waals surface area (Å²) >= 11 is 0.337. The molecule has 3 heteroatoms. The van der Waals surface area contributed by atoms with E-state index in [1.54, 1.807) is 0 Å². The van der Waals surface area contributed by atoms with Gasteiger partial charge in [-0.3, -0.25) is 0 Å². The van der Waals surface area contributed by atoms with Gasteiger partial charge in [0.25, 0.3) is 0 Å². The maximum atomic E-state index is 11.7. The van der Waals surface area contributed by atoms with E-state index in [9.17, 15) is 4.79 Å². The Labute approximate surface area is 112 Å². The van der Waals surface area contributed by atoms with Crippen LogP contribution in [0.25, 0.3) is 0 Å². The van der Waals surface area contributed by atoms with Crippen LogP contribution in [-0.2, 0) is 4.74 Å². The first-order valence-corrected chi connectivity index (χ1v) is 7.89. The predicted octanol–water partition coefficient (Wildman–Crippen LogP) is 2.35. The number of benzene rings is 2. The van der Waals surface area contributed by atoms with E-state index >= 15 is 0 Å². The fourth-order valence-electron chi connectivity index (χ4n) is 2.03. The van der Waals surface area contributed by atoms with Gasteiger partial charge in [-0.25, -0.2) is 0 Å². The van der Waals surface area contributed by atoms with E-state index in [0.717, 1.165) is 16.4 Å². The molecule has 1 heterocycles. The van der Waals surface area contributed by atoms with Crippen molar-refractivity contribution in [1.82, 2.24) is 0 Å². The third kappa shape index (κ3) is 2.20. The molecule has 0 saturated heterocycles. The third-order valence-corrected chi connectivity index (χ3v) is 5.18. The maximum absolute atomic E-state index is 11.7. The van der Waals surface area contributed by atoms with Crippen LogP contribution in [0.1, 0.15) is 22.0 Å². The van der Waals surface area contributed by atoms with Crippen molar-refractivity contribution in [3.05, 3.63) is 65.7 Å². The molecule has 1 unspecified atom stereocenters. The molecule has 2 nitrogen and oxygen atoms in total. The number of hydrogen-bond donors (Lipinski definition) is 0. The van der Waals surface area contributed by atoms with Crippen LogP contribution < -0.4 is 4.46 Å². The van der Waals surface area contributed by atoms with E-state index in [1.165, 1.54) is 4.46 Å². The Morgan fingerprint density at radius 1 is 1.00 bits per heavy atom. The standard InChI is InChI=1S/C15H12O2Se/c16-15-13-9-5-4-8-12(13)14(17-15)10-18-11-6-2-1-3-7-11/h1-9,14H,10H2. The van der Waals surface area contributed by atoms with E-state index < -0.39 is 0 Å². The molecule has 2 aromatic carbocycles. The molecule has 0 aliphatic carbocycles. The Balaban J connectivity index is 1.74. The van der Waals surface area contributed by atoms with Crippen LogP contribution >= 0.6 is 0 Å². The number of fused-ring (bicyclic) bond motifs is 1. The molecule has 0 radical (unpaired) electrons. The Bertz CT molecular complexity index is 566. The predicted molar refractivity (Wildman–Crippen MR) is 71.2 cm³/mol. The fraction of sp³-hybridized carbons (Fsp3) is 0.133. The monoisotopic (exact) mass is 304 g/mol. The van der Waals surface area contributed by atoms with Gasteiger partial charge in [0, 0.05) is 0 Å². The number of rotatable bonds is 3. The summed E-state index contributed by atoms with van der Waals surface area (Å²) in [5, 5.41) is 0.903. The number of carbonyl (C=O) groups is 1. The van der Waals surface area contributed by atoms with Crippen LogP contribution in [0.5, 0.6) is 0 Å². The van der Waals surface area contributed by atoms with Crippen LogP contribution in [0.4, 0.5) is 0 Å². The van der Waals surface area contributed by atoms with E-state index in [-0.39, 0.29) is 12.1 Å². The second-order valence-corrected chi connectivity index (χ2v) is 6.40. The summed E-state index contributed by atoms with van der Waals surface area (Å²) in [6.45, 7) is 0. The summed E-state index contributed by atoms with van der Waals surface area (Å²) < 4.78 is 6.77. The van der Waals surface area contributed by atoms with Gasteiger partial charge in [0.2, 0.25) is 0 Å². The second-order valence-electron chi connectivity index (χ2n) is 4.11. The summed E-state index contributed by atoms with van der Waals surface area (Å²) in [6.07, 6.45) is -0.0612. The molecule has 1 atom stereocenters. The fourth-order valence-corrected chi connectivity index (χ4v) is 4.01. The van der Waals surface area contributed by atoms with Crippen molar-refractivity contribution in [2.75, 3.05) is 0 Å². The number of esters is 1. The first-order chi connectivity index (χ1) is 8.84. The van der Waals surface area contributed by atoms with Crippen LogP contribution in [0.3, 0.4) is 0 Å². The molecule has 0 bridgehead atoms. The van der Waals surface area contributed by atoms with Crippen LogP contribution in [0, 0.1) is 0 Å².